The normalized spacial score (nSPS) is 17.1. The number of benzene rings is 1. The van der Waals surface area contributed by atoms with Crippen LogP contribution in [0.4, 0.5) is 4.39 Å². The Kier molecular flexibility index (Phi) is 4.28. The lowest BCUT2D eigenvalue weighted by Crippen LogP contribution is -2.40. The molecule has 2 rings (SSSR count). The third-order valence-corrected chi connectivity index (χ3v) is 4.92. The van der Waals surface area contributed by atoms with Gasteiger partial charge in [0, 0.05) is 11.6 Å². The summed E-state index contributed by atoms with van der Waals surface area (Å²) in [7, 11) is -4.29. The lowest BCUT2D eigenvalue weighted by atomic mass is 9.70. The fourth-order valence-corrected chi connectivity index (χ4v) is 3.22. The van der Waals surface area contributed by atoms with Crippen molar-refractivity contribution < 1.29 is 17.6 Å². The highest BCUT2D eigenvalue weighted by molar-refractivity contribution is 7.89. The number of hydrogen-bond donors (Lipinski definition) is 2. The van der Waals surface area contributed by atoms with E-state index < -0.39 is 32.2 Å². The largest absolute Gasteiger partial charge is 0.351 e. The molecule has 1 aliphatic carbocycles. The number of nitrogens with one attached hydrogen (secondary N) is 1. The molecule has 0 aliphatic heterocycles. The molecular weight excluding hydrogens is 319 g/mol. The van der Waals surface area contributed by atoms with Crippen molar-refractivity contribution in [1.29, 1.82) is 0 Å². The number of nitrogens with two attached hydrogens (primary N) is 1. The Morgan fingerprint density at radius 1 is 1.48 bits per heavy atom. The summed E-state index contributed by atoms with van der Waals surface area (Å²) in [5.41, 5.74) is -0.400. The molecule has 21 heavy (non-hydrogen) atoms. The number of carbonyl (C=O) groups is 1. The van der Waals surface area contributed by atoms with Gasteiger partial charge in [0.15, 0.2) is 5.82 Å². The minimum absolute atomic E-state index is 0.0213. The zero-order valence-electron chi connectivity index (χ0n) is 11.4. The quantitative estimate of drug-likeness (QED) is 0.883. The first kappa shape index (κ1) is 16.2. The van der Waals surface area contributed by atoms with Crippen molar-refractivity contribution in [2.45, 2.75) is 31.1 Å². The first-order valence-corrected chi connectivity index (χ1v) is 8.35. The van der Waals surface area contributed by atoms with Crippen LogP contribution in [-0.4, -0.2) is 20.9 Å². The molecule has 116 valence electrons. The van der Waals surface area contributed by atoms with Gasteiger partial charge in [-0.3, -0.25) is 4.79 Å². The van der Waals surface area contributed by atoms with Crippen molar-refractivity contribution in [1.82, 2.24) is 5.32 Å². The van der Waals surface area contributed by atoms with Crippen LogP contribution in [0, 0.1) is 11.2 Å². The number of halogens is 2. The van der Waals surface area contributed by atoms with Gasteiger partial charge >= 0.3 is 0 Å². The summed E-state index contributed by atoms with van der Waals surface area (Å²) in [5.74, 6) is -1.88. The predicted octanol–water partition coefficient (Wildman–Crippen LogP) is 2.05. The molecule has 0 atom stereocenters. The van der Waals surface area contributed by atoms with Crippen LogP contribution in [0.25, 0.3) is 0 Å². The molecule has 0 radical (unpaired) electrons. The first-order chi connectivity index (χ1) is 9.62. The lowest BCUT2D eigenvalue weighted by Gasteiger charge is -2.38. The predicted molar refractivity (Wildman–Crippen MR) is 77.1 cm³/mol. The molecule has 3 N–H and O–H groups in total. The van der Waals surface area contributed by atoms with Gasteiger partial charge in [-0.1, -0.05) is 24.9 Å². The second-order valence-electron chi connectivity index (χ2n) is 5.66. The molecule has 0 aromatic heterocycles. The average Bonchev–Trinajstić information content (AvgIpc) is 2.34. The first-order valence-electron chi connectivity index (χ1n) is 6.42. The van der Waals surface area contributed by atoms with Crippen molar-refractivity contribution in [2.24, 2.45) is 10.6 Å². The van der Waals surface area contributed by atoms with Crippen molar-refractivity contribution in [2.75, 3.05) is 6.54 Å². The summed E-state index contributed by atoms with van der Waals surface area (Å²) >= 11 is 5.73. The molecule has 0 bridgehead atoms. The Balaban J connectivity index is 2.26. The SMILES string of the molecule is CC1(CNC(=O)c2cc(Cl)cc(S(N)(=O)=O)c2F)CCC1. The van der Waals surface area contributed by atoms with E-state index in [1.807, 2.05) is 6.92 Å². The van der Waals surface area contributed by atoms with Crippen molar-refractivity contribution in [3.8, 4) is 0 Å². The fourth-order valence-electron chi connectivity index (χ4n) is 2.28. The highest BCUT2D eigenvalue weighted by Crippen LogP contribution is 2.39. The average molecular weight is 335 g/mol. The van der Waals surface area contributed by atoms with Gasteiger partial charge in [0.25, 0.3) is 5.91 Å². The third-order valence-electron chi connectivity index (χ3n) is 3.79. The number of sulfonamides is 1. The molecular formula is C13H16ClFN2O3S. The maximum atomic E-state index is 14.1. The van der Waals surface area contributed by atoms with Crippen LogP contribution in [0.3, 0.4) is 0 Å². The molecule has 0 unspecified atom stereocenters. The Morgan fingerprint density at radius 2 is 2.10 bits per heavy atom. The molecule has 1 aromatic rings. The van der Waals surface area contributed by atoms with E-state index in [9.17, 15) is 17.6 Å². The van der Waals surface area contributed by atoms with E-state index in [0.29, 0.717) is 6.54 Å². The topological polar surface area (TPSA) is 89.3 Å². The lowest BCUT2D eigenvalue weighted by molar-refractivity contribution is 0.0886. The van der Waals surface area contributed by atoms with Gasteiger partial charge in [-0.2, -0.15) is 0 Å². The monoisotopic (exact) mass is 334 g/mol. The van der Waals surface area contributed by atoms with E-state index in [2.05, 4.69) is 5.32 Å². The van der Waals surface area contributed by atoms with Crippen molar-refractivity contribution >= 4 is 27.5 Å². The highest BCUT2D eigenvalue weighted by Gasteiger charge is 2.32. The van der Waals surface area contributed by atoms with Crippen LogP contribution in [0.15, 0.2) is 17.0 Å². The Hall–Kier alpha value is -1.18. The Morgan fingerprint density at radius 3 is 2.57 bits per heavy atom. The maximum Gasteiger partial charge on any atom is 0.254 e. The molecule has 1 aromatic carbocycles. The van der Waals surface area contributed by atoms with Gasteiger partial charge < -0.3 is 5.32 Å². The van der Waals surface area contributed by atoms with Gasteiger partial charge in [-0.25, -0.2) is 17.9 Å². The highest BCUT2D eigenvalue weighted by atomic mass is 35.5. The van der Waals surface area contributed by atoms with E-state index in [-0.39, 0.29) is 10.4 Å². The summed E-state index contributed by atoms with van der Waals surface area (Å²) in [6.45, 7) is 2.43. The summed E-state index contributed by atoms with van der Waals surface area (Å²) in [5, 5.41) is 7.46. The maximum absolute atomic E-state index is 14.1. The Bertz CT molecular complexity index is 687. The third kappa shape index (κ3) is 3.53. The zero-order valence-corrected chi connectivity index (χ0v) is 13.0. The number of carbonyl (C=O) groups excluding carboxylic acids is 1. The number of amides is 1. The van der Waals surface area contributed by atoms with Crippen LogP contribution in [0.5, 0.6) is 0 Å². The van der Waals surface area contributed by atoms with Gasteiger partial charge in [0.2, 0.25) is 10.0 Å². The molecule has 0 spiro atoms. The second-order valence-corrected chi connectivity index (χ2v) is 7.62. The van der Waals surface area contributed by atoms with Crippen LogP contribution in [0.1, 0.15) is 36.5 Å². The van der Waals surface area contributed by atoms with Gasteiger partial charge in [-0.15, -0.1) is 0 Å². The zero-order chi connectivity index (χ0) is 15.8. The van der Waals surface area contributed by atoms with E-state index in [1.54, 1.807) is 0 Å². The smallest absolute Gasteiger partial charge is 0.254 e. The van der Waals surface area contributed by atoms with Crippen LogP contribution in [0.2, 0.25) is 5.02 Å². The molecule has 8 heteroatoms. The summed E-state index contributed by atoms with van der Waals surface area (Å²) in [4.78, 5) is 11.3. The van der Waals surface area contributed by atoms with Gasteiger partial charge in [-0.05, 0) is 30.4 Å². The van der Waals surface area contributed by atoms with Gasteiger partial charge in [0.05, 0.1) is 5.56 Å². The molecule has 1 saturated carbocycles. The summed E-state index contributed by atoms with van der Waals surface area (Å²) < 4.78 is 36.7. The van der Waals surface area contributed by atoms with Crippen molar-refractivity contribution in [3.05, 3.63) is 28.5 Å². The molecule has 5 nitrogen and oxygen atoms in total. The van der Waals surface area contributed by atoms with Crippen LogP contribution < -0.4 is 10.5 Å². The Labute approximate surface area is 127 Å². The minimum Gasteiger partial charge on any atom is -0.351 e. The van der Waals surface area contributed by atoms with E-state index >= 15 is 0 Å². The summed E-state index contributed by atoms with van der Waals surface area (Å²) in [6.07, 6.45) is 3.09. The van der Waals surface area contributed by atoms with Gasteiger partial charge in [0.1, 0.15) is 4.90 Å². The summed E-state index contributed by atoms with van der Waals surface area (Å²) in [6, 6.07) is 1.97. The second kappa shape index (κ2) is 5.55. The number of hydrogen-bond acceptors (Lipinski definition) is 3. The molecule has 0 heterocycles. The van der Waals surface area contributed by atoms with Crippen LogP contribution in [-0.2, 0) is 10.0 Å². The number of primary sulfonamides is 1. The van der Waals surface area contributed by atoms with Crippen LogP contribution >= 0.6 is 11.6 Å². The molecule has 1 fully saturated rings. The van der Waals surface area contributed by atoms with E-state index in [4.69, 9.17) is 16.7 Å². The standard InChI is InChI=1S/C13H16ClFN2O3S/c1-13(3-2-4-13)7-17-12(18)9-5-8(14)6-10(11(9)15)21(16,19)20/h5-6H,2-4,7H2,1H3,(H,17,18)(H2,16,19,20). The minimum atomic E-state index is -4.29. The molecule has 1 amide bonds. The van der Waals surface area contributed by atoms with Crippen molar-refractivity contribution in [3.63, 3.8) is 0 Å². The van der Waals surface area contributed by atoms with E-state index in [1.165, 1.54) is 0 Å². The molecule has 0 saturated heterocycles. The number of rotatable bonds is 4. The van der Waals surface area contributed by atoms with E-state index in [0.717, 1.165) is 31.4 Å². The fraction of sp³-hybridized carbons (Fsp3) is 0.462. The molecule has 1 aliphatic rings.